The summed E-state index contributed by atoms with van der Waals surface area (Å²) in [6.07, 6.45) is 3.66. The van der Waals surface area contributed by atoms with Gasteiger partial charge in [-0.2, -0.15) is 0 Å². The van der Waals surface area contributed by atoms with Gasteiger partial charge in [-0.05, 0) is 65.4 Å². The summed E-state index contributed by atoms with van der Waals surface area (Å²) in [6.45, 7) is 0. The average molecular weight is 511 g/mol. The first-order valence-electron chi connectivity index (χ1n) is 12.1. The number of ether oxygens (including phenoxy) is 3. The fourth-order valence-electron chi connectivity index (χ4n) is 5.20. The first kappa shape index (κ1) is 23.3. The molecule has 0 radical (unpaired) electrons. The summed E-state index contributed by atoms with van der Waals surface area (Å²) in [5.41, 5.74) is 6.40. The number of fused-ring (bicyclic) bond motifs is 3. The highest BCUT2D eigenvalue weighted by Gasteiger charge is 2.33. The van der Waals surface area contributed by atoms with Crippen LogP contribution in [0.5, 0.6) is 17.2 Å². The van der Waals surface area contributed by atoms with Crippen molar-refractivity contribution in [3.05, 3.63) is 114 Å². The maximum absolute atomic E-state index is 13.9. The highest BCUT2D eigenvalue weighted by atomic mass is 32.1. The second-order valence-corrected chi connectivity index (χ2v) is 10.0. The quantitative estimate of drug-likeness (QED) is 0.401. The molecule has 1 aliphatic heterocycles. The van der Waals surface area contributed by atoms with Crippen molar-refractivity contribution in [2.45, 2.75) is 18.9 Å². The van der Waals surface area contributed by atoms with E-state index in [0.29, 0.717) is 20.8 Å². The lowest BCUT2D eigenvalue weighted by molar-refractivity contribution is 0.354. The summed E-state index contributed by atoms with van der Waals surface area (Å²) in [5, 5.41) is 0. The molecule has 0 saturated carbocycles. The van der Waals surface area contributed by atoms with Gasteiger partial charge in [0.15, 0.2) is 16.3 Å². The minimum atomic E-state index is -0.280. The number of rotatable bonds is 5. The number of hydrogen-bond acceptors (Lipinski definition) is 6. The average Bonchev–Trinajstić information content (AvgIpc) is 3.26. The van der Waals surface area contributed by atoms with E-state index in [0.717, 1.165) is 46.6 Å². The van der Waals surface area contributed by atoms with E-state index in [1.165, 1.54) is 16.9 Å². The van der Waals surface area contributed by atoms with Crippen LogP contribution in [0.15, 0.2) is 82.1 Å². The topological polar surface area (TPSA) is 62.0 Å². The molecule has 0 amide bonds. The van der Waals surface area contributed by atoms with E-state index in [1.54, 1.807) is 21.3 Å². The predicted octanol–water partition coefficient (Wildman–Crippen LogP) is 4.34. The first-order valence-corrected chi connectivity index (χ1v) is 12.9. The van der Waals surface area contributed by atoms with E-state index in [9.17, 15) is 4.79 Å². The van der Waals surface area contributed by atoms with Gasteiger partial charge >= 0.3 is 0 Å². The van der Waals surface area contributed by atoms with Gasteiger partial charge in [0, 0.05) is 5.56 Å². The number of nitrogens with zero attached hydrogens (tertiary/aromatic N) is 2. The maximum Gasteiger partial charge on any atom is 0.271 e. The summed E-state index contributed by atoms with van der Waals surface area (Å²) in [7, 11) is 4.89. The molecule has 3 aromatic carbocycles. The van der Waals surface area contributed by atoms with E-state index in [4.69, 9.17) is 19.2 Å². The molecule has 37 heavy (non-hydrogen) atoms. The smallest absolute Gasteiger partial charge is 0.271 e. The van der Waals surface area contributed by atoms with Crippen molar-refractivity contribution in [1.29, 1.82) is 0 Å². The van der Waals surface area contributed by atoms with Gasteiger partial charge in [-0.1, -0.05) is 53.8 Å². The predicted molar refractivity (Wildman–Crippen MR) is 145 cm³/mol. The summed E-state index contributed by atoms with van der Waals surface area (Å²) >= 11 is 1.42. The summed E-state index contributed by atoms with van der Waals surface area (Å²) in [5.74, 6) is 2.07. The Bertz CT molecular complexity index is 1710. The van der Waals surface area contributed by atoms with Crippen LogP contribution in [0, 0.1) is 0 Å². The zero-order valence-corrected chi connectivity index (χ0v) is 21.7. The van der Waals surface area contributed by atoms with Gasteiger partial charge in [-0.15, -0.1) is 0 Å². The zero-order chi connectivity index (χ0) is 25.5. The Hall–Kier alpha value is -4.10. The molecule has 0 spiro atoms. The van der Waals surface area contributed by atoms with Gasteiger partial charge < -0.3 is 14.2 Å². The van der Waals surface area contributed by atoms with Gasteiger partial charge in [0.05, 0.1) is 37.6 Å². The Kier molecular flexibility index (Phi) is 5.93. The monoisotopic (exact) mass is 510 g/mol. The van der Waals surface area contributed by atoms with Gasteiger partial charge in [-0.3, -0.25) is 9.36 Å². The Morgan fingerprint density at radius 2 is 1.70 bits per heavy atom. The molecule has 4 aromatic rings. The minimum Gasteiger partial charge on any atom is -0.497 e. The fourth-order valence-corrected chi connectivity index (χ4v) is 6.20. The lowest BCUT2D eigenvalue weighted by atomic mass is 9.83. The van der Waals surface area contributed by atoms with Crippen molar-refractivity contribution >= 4 is 23.1 Å². The Morgan fingerprint density at radius 1 is 0.919 bits per heavy atom. The number of methoxy groups -OCH3 is 3. The van der Waals surface area contributed by atoms with Crippen molar-refractivity contribution in [2.75, 3.05) is 21.3 Å². The molecule has 2 aliphatic rings. The molecular formula is C30H26N2O4S. The van der Waals surface area contributed by atoms with Crippen LogP contribution in [0.25, 0.3) is 11.8 Å². The van der Waals surface area contributed by atoms with Gasteiger partial charge in [-0.25, -0.2) is 4.99 Å². The normalized spacial score (nSPS) is 16.4. The van der Waals surface area contributed by atoms with Crippen molar-refractivity contribution in [1.82, 2.24) is 4.57 Å². The standard InChI is InChI=1S/C30H26N2O4S/c1-34-21-12-8-18(9-13-21)16-26-29(33)32-28(20-11-15-24(35-2)25(17-20)36-3)23-14-10-19-6-4-5-7-22(19)27(23)31-30(32)37-26/h4-9,11-13,15-17,28H,10,14H2,1-3H3/b26-16-/t28-/m0/s1. The summed E-state index contributed by atoms with van der Waals surface area (Å²) < 4.78 is 18.8. The highest BCUT2D eigenvalue weighted by Crippen LogP contribution is 2.42. The molecule has 6 rings (SSSR count). The molecule has 1 aromatic heterocycles. The Labute approximate surface area is 218 Å². The van der Waals surface area contributed by atoms with Crippen molar-refractivity contribution in [2.24, 2.45) is 4.99 Å². The third kappa shape index (κ3) is 3.96. The largest absolute Gasteiger partial charge is 0.497 e. The number of thiazole rings is 1. The minimum absolute atomic E-state index is 0.0511. The van der Waals surface area contributed by atoms with Crippen LogP contribution in [-0.4, -0.2) is 25.9 Å². The van der Waals surface area contributed by atoms with Crippen LogP contribution >= 0.6 is 11.3 Å². The Balaban J connectivity index is 1.59. The Morgan fingerprint density at radius 3 is 2.46 bits per heavy atom. The van der Waals surface area contributed by atoms with Crippen LogP contribution in [0.2, 0.25) is 0 Å². The van der Waals surface area contributed by atoms with E-state index < -0.39 is 0 Å². The zero-order valence-electron chi connectivity index (χ0n) is 20.9. The molecule has 0 saturated heterocycles. The van der Waals surface area contributed by atoms with E-state index >= 15 is 0 Å². The number of allylic oxidation sites excluding steroid dienone is 1. The fraction of sp³-hybridized carbons (Fsp3) is 0.200. The van der Waals surface area contributed by atoms with E-state index in [1.807, 2.05) is 53.1 Å². The maximum atomic E-state index is 13.9. The molecule has 0 N–H and O–H groups in total. The van der Waals surface area contributed by atoms with Crippen LogP contribution < -0.4 is 29.1 Å². The molecule has 2 heterocycles. The lowest BCUT2D eigenvalue weighted by Crippen LogP contribution is -2.38. The third-order valence-electron chi connectivity index (χ3n) is 7.01. The number of hydrogen-bond donors (Lipinski definition) is 0. The molecule has 186 valence electrons. The van der Waals surface area contributed by atoms with Gasteiger partial charge in [0.2, 0.25) is 0 Å². The van der Waals surface area contributed by atoms with E-state index in [-0.39, 0.29) is 11.6 Å². The van der Waals surface area contributed by atoms with Crippen molar-refractivity contribution in [3.63, 3.8) is 0 Å². The van der Waals surface area contributed by atoms with Crippen LogP contribution in [0.1, 0.15) is 34.7 Å². The highest BCUT2D eigenvalue weighted by molar-refractivity contribution is 7.07. The molecule has 1 aliphatic carbocycles. The lowest BCUT2D eigenvalue weighted by Gasteiger charge is -2.31. The molecular weight excluding hydrogens is 484 g/mol. The summed E-state index contributed by atoms with van der Waals surface area (Å²) in [4.78, 5) is 19.7. The molecule has 6 nitrogen and oxygen atoms in total. The van der Waals surface area contributed by atoms with Crippen molar-refractivity contribution in [3.8, 4) is 17.2 Å². The number of aryl methyl sites for hydroxylation is 1. The molecule has 0 bridgehead atoms. The molecule has 1 atom stereocenters. The SMILES string of the molecule is COc1ccc(/C=c2\sc3n(c2=O)[C@@H](c2ccc(OC)c(OC)c2)C2=C(N=3)c3ccccc3CC2)cc1. The molecule has 7 heteroatoms. The first-order chi connectivity index (χ1) is 18.1. The van der Waals surface area contributed by atoms with E-state index in [2.05, 4.69) is 24.3 Å². The summed E-state index contributed by atoms with van der Waals surface area (Å²) in [6, 6.07) is 21.7. The molecule has 0 unspecified atom stereocenters. The van der Waals surface area contributed by atoms with Crippen LogP contribution in [-0.2, 0) is 6.42 Å². The van der Waals surface area contributed by atoms with Gasteiger partial charge in [0.1, 0.15) is 5.75 Å². The second kappa shape index (κ2) is 9.41. The van der Waals surface area contributed by atoms with Crippen LogP contribution in [0.4, 0.5) is 0 Å². The van der Waals surface area contributed by atoms with Crippen LogP contribution in [0.3, 0.4) is 0 Å². The number of benzene rings is 3. The molecule has 0 fully saturated rings. The van der Waals surface area contributed by atoms with Crippen molar-refractivity contribution < 1.29 is 14.2 Å². The number of aromatic nitrogens is 1. The van der Waals surface area contributed by atoms with Gasteiger partial charge in [0.25, 0.3) is 5.56 Å². The third-order valence-corrected chi connectivity index (χ3v) is 7.99. The second-order valence-electron chi connectivity index (χ2n) is 9.00.